The van der Waals surface area contributed by atoms with Crippen molar-refractivity contribution in [1.82, 2.24) is 31.1 Å². The minimum atomic E-state index is -5.58. The Morgan fingerprint density at radius 2 is 1.51 bits per heavy atom. The summed E-state index contributed by atoms with van der Waals surface area (Å²) in [6, 6.07) is -2.56. The molecule has 0 unspecified atom stereocenters. The van der Waals surface area contributed by atoms with Crippen molar-refractivity contribution in [3.05, 3.63) is 65.4 Å². The third kappa shape index (κ3) is 17.0. The van der Waals surface area contributed by atoms with Gasteiger partial charge in [0.05, 0.1) is 0 Å². The summed E-state index contributed by atoms with van der Waals surface area (Å²) in [7, 11) is -10.1. The molecule has 3 heterocycles. The van der Waals surface area contributed by atoms with E-state index in [1.165, 1.54) is 41.5 Å². The summed E-state index contributed by atoms with van der Waals surface area (Å²) in [4.78, 5) is 108. The van der Waals surface area contributed by atoms with Crippen LogP contribution in [0.5, 0.6) is 0 Å². The maximum Gasteiger partial charge on any atom is 1.00 e. The van der Waals surface area contributed by atoms with Crippen molar-refractivity contribution in [1.29, 1.82) is 0 Å². The standard InChI is InChI=1S/C47H63N9O17S2.2Na/c1-8-28-40(59)51-30-16-17-36(57)56(44(30)63)33(19-26-13-10-9-11-14-26)45(64)55(7)32-20-27-21-34(74(67,68)69)35(75(70,71)72)22-31(27)52-47(66)48-18-12-15-29(50-39(58)24(4)5)41(60)54-38(43(62)49-28)25(6)73-46(65)37(23(2)3)53-42(32)61;;/h8-11,13-14,21-25,29-30,32-33,36-38,57H,12,15-20H2,1-7H3,(H,49,62)(H,50,58)(H,51,59)(H,53,61)(H,54,60)(H2,48,52,66)(H,67,68,69)(H,70,71,72);;/q;2*+1/p-2/b28-8-;;/t25-,29+,30+,32+,33+,36-,37+,38+;;/m1../s1. The monoisotopic (exact) mass is 1130 g/mol. The number of allylic oxidation sites excluding steroid dienone is 1. The number of carbonyl (C=O) groups excluding carboxylic acids is 7. The Kier molecular flexibility index (Phi) is 24.3. The number of hydrogen-bond acceptors (Lipinski definition) is 17. The summed E-state index contributed by atoms with van der Waals surface area (Å²) in [5.41, 5.74) is -1.20. The molecule has 1 fully saturated rings. The molecule has 77 heavy (non-hydrogen) atoms. The van der Waals surface area contributed by atoms with E-state index >= 15 is 9.59 Å². The molecular formula is C47H61N9Na2O17S2. The topological polar surface area (TPSA) is 395 Å². The Bertz CT molecular complexity index is 2870. The molecule has 3 aliphatic rings. The summed E-state index contributed by atoms with van der Waals surface area (Å²) in [5.74, 6) is -10.3. The molecule has 0 spiro atoms. The molecule has 410 valence electrons. The maximum absolute atomic E-state index is 15.3. The molecule has 3 aliphatic heterocycles. The van der Waals surface area contributed by atoms with Crippen LogP contribution in [0.15, 0.2) is 74.0 Å². The first-order chi connectivity index (χ1) is 35.0. The smallest absolute Gasteiger partial charge is 0.862 e. The molecule has 30 heteroatoms. The molecule has 5 rings (SSSR count). The maximum atomic E-state index is 15.3. The van der Waals surface area contributed by atoms with E-state index in [9.17, 15) is 65.2 Å². The summed E-state index contributed by atoms with van der Waals surface area (Å²) in [5, 5.41) is 50.6. The van der Waals surface area contributed by atoms with Gasteiger partial charge in [0.1, 0.15) is 58.4 Å². The predicted octanol–water partition coefficient (Wildman–Crippen LogP) is -7.47. The molecule has 0 aromatic heterocycles. The predicted molar refractivity (Wildman–Crippen MR) is 262 cm³/mol. The van der Waals surface area contributed by atoms with Gasteiger partial charge in [-0.05, 0) is 80.5 Å². The van der Waals surface area contributed by atoms with Crippen molar-refractivity contribution < 1.29 is 139 Å². The van der Waals surface area contributed by atoms with E-state index in [4.69, 9.17) is 4.74 Å². The van der Waals surface area contributed by atoms with Crippen LogP contribution in [0.2, 0.25) is 0 Å². The second-order valence-electron chi connectivity index (χ2n) is 18.7. The van der Waals surface area contributed by atoms with Crippen LogP contribution in [-0.4, -0.2) is 156 Å². The number of amides is 7. The first kappa shape index (κ1) is 66.3. The number of benzene rings is 2. The number of aliphatic hydroxyl groups excluding tert-OH is 1. The molecule has 8 atom stereocenters. The van der Waals surface area contributed by atoms with Gasteiger partial charge in [-0.25, -0.2) is 9.59 Å². The number of anilines is 1. The minimum absolute atomic E-state index is 0. The molecule has 2 aromatic rings. The second kappa shape index (κ2) is 28.2. The van der Waals surface area contributed by atoms with E-state index in [1.54, 1.807) is 30.3 Å². The van der Waals surface area contributed by atoms with Gasteiger partial charge >= 0.3 is 71.1 Å². The zero-order chi connectivity index (χ0) is 55.9. The second-order valence-corrected chi connectivity index (χ2v) is 21.5. The number of ether oxygens (including phenoxy) is 1. The van der Waals surface area contributed by atoms with Crippen LogP contribution in [0, 0.1) is 11.8 Å². The number of aliphatic hydroxyl groups is 1. The van der Waals surface area contributed by atoms with Crippen LogP contribution in [0.3, 0.4) is 0 Å². The Labute approximate surface area is 489 Å². The number of esters is 1. The number of likely N-dealkylation sites (N-methyl/N-ethyl adjacent to an activating group) is 1. The van der Waals surface area contributed by atoms with Crippen LogP contribution in [0.25, 0.3) is 0 Å². The number of urea groups is 1. The van der Waals surface area contributed by atoms with Crippen LogP contribution < -0.4 is 95.9 Å². The summed E-state index contributed by atoms with van der Waals surface area (Å²) >= 11 is 0. The third-order valence-electron chi connectivity index (χ3n) is 12.6. The molecule has 0 saturated carbocycles. The largest absolute Gasteiger partial charge is 1.00 e. The van der Waals surface area contributed by atoms with Gasteiger partial charge in [0.2, 0.25) is 23.6 Å². The number of rotatable bonds is 7. The number of carbonyl (C=O) groups is 7. The number of nitrogens with zero attached hydrogens (tertiary/aromatic N) is 4. The number of nitrogens with one attached hydrogen (secondary N) is 5. The SMILES string of the molecule is C/C=C1\NC(=O)[C@H]2NC(=O)[C@@H](N=C([O-])C(C)C)CCCNC(=O)Nc3cc(S(=O)(=O)O)c(S(=O)(=O)O)cc3C[C@@H](C(=O)N[C@@H](C(C)C)C(=O)O[C@@H]2C)N(C)C(=O)[C@H](Cc2ccccc2)N2C(=O)[C@H](CC[C@H]2O)N=C1[O-].[Na+].[Na+]. The summed E-state index contributed by atoms with van der Waals surface area (Å²) in [6.45, 7) is 8.16. The minimum Gasteiger partial charge on any atom is -0.862 e. The fourth-order valence-corrected chi connectivity index (χ4v) is 10.2. The van der Waals surface area contributed by atoms with E-state index in [2.05, 4.69) is 36.6 Å². The molecular weight excluding hydrogens is 1070 g/mol. The molecule has 1 saturated heterocycles. The molecule has 0 radical (unpaired) electrons. The quantitative estimate of drug-likeness (QED) is 0.0420. The van der Waals surface area contributed by atoms with Crippen LogP contribution >= 0.6 is 0 Å². The van der Waals surface area contributed by atoms with Crippen molar-refractivity contribution in [2.45, 2.75) is 138 Å². The molecule has 2 aromatic carbocycles. The molecule has 0 aliphatic carbocycles. The van der Waals surface area contributed by atoms with Crippen molar-refractivity contribution in [3.8, 4) is 0 Å². The molecule has 4 bridgehead atoms. The Morgan fingerprint density at radius 3 is 2.09 bits per heavy atom. The van der Waals surface area contributed by atoms with E-state index in [0.717, 1.165) is 22.9 Å². The van der Waals surface area contributed by atoms with Crippen LogP contribution in [0.4, 0.5) is 10.5 Å². The van der Waals surface area contributed by atoms with Crippen molar-refractivity contribution in [3.63, 3.8) is 0 Å². The Hall–Kier alpha value is -5.01. The third-order valence-corrected chi connectivity index (χ3v) is 14.5. The average molecular weight is 1130 g/mol. The van der Waals surface area contributed by atoms with Gasteiger partial charge in [0, 0.05) is 43.7 Å². The van der Waals surface area contributed by atoms with Gasteiger partial charge in [-0.15, -0.1) is 0 Å². The van der Waals surface area contributed by atoms with Crippen molar-refractivity contribution >= 4 is 79.3 Å². The normalized spacial score (nSPS) is 25.8. The Balaban J connectivity index is 0.00000780. The van der Waals surface area contributed by atoms with E-state index in [0.29, 0.717) is 17.7 Å². The van der Waals surface area contributed by atoms with Crippen molar-refractivity contribution in [2.24, 2.45) is 21.8 Å². The summed E-state index contributed by atoms with van der Waals surface area (Å²) in [6.07, 6.45) is -4.45. The first-order valence-electron chi connectivity index (χ1n) is 23.8. The van der Waals surface area contributed by atoms with E-state index < -0.39 is 167 Å². The zero-order valence-electron chi connectivity index (χ0n) is 44.0. The van der Waals surface area contributed by atoms with Gasteiger partial charge in [-0.3, -0.25) is 43.1 Å². The zero-order valence-corrected chi connectivity index (χ0v) is 49.6. The molecule has 7 amide bonds. The fraction of sp³-hybridized carbons (Fsp3) is 0.511. The van der Waals surface area contributed by atoms with Gasteiger partial charge in [0.25, 0.3) is 26.1 Å². The van der Waals surface area contributed by atoms with Gasteiger partial charge < -0.3 is 56.4 Å². The van der Waals surface area contributed by atoms with E-state index in [-0.39, 0.29) is 97.8 Å². The molecule has 26 nitrogen and oxygen atoms in total. The number of aliphatic imine (C=N–C) groups is 2. The number of fused-ring (bicyclic) bond motifs is 10. The van der Waals surface area contributed by atoms with Crippen LogP contribution in [0.1, 0.15) is 78.4 Å². The van der Waals surface area contributed by atoms with Crippen LogP contribution in [-0.2, 0) is 66.6 Å². The van der Waals surface area contributed by atoms with Gasteiger partial charge in [-0.1, -0.05) is 64.1 Å². The molecule has 8 N–H and O–H groups in total. The van der Waals surface area contributed by atoms with Gasteiger partial charge in [-0.2, -0.15) is 16.8 Å². The fourth-order valence-electron chi connectivity index (χ4n) is 8.41. The Morgan fingerprint density at radius 1 is 0.883 bits per heavy atom. The van der Waals surface area contributed by atoms with Crippen molar-refractivity contribution in [2.75, 3.05) is 18.9 Å². The van der Waals surface area contributed by atoms with Gasteiger partial charge in [0.15, 0.2) is 0 Å². The first-order valence-corrected chi connectivity index (χ1v) is 26.7. The number of piperidine rings is 1. The summed E-state index contributed by atoms with van der Waals surface area (Å²) < 4.78 is 77.3. The van der Waals surface area contributed by atoms with E-state index in [1.807, 2.05) is 0 Å². The average Bonchev–Trinajstić information content (AvgIpc) is 3.33. The number of hydrogen-bond donors (Lipinski definition) is 8.